The van der Waals surface area contributed by atoms with Crippen LogP contribution >= 0.6 is 0 Å². The van der Waals surface area contributed by atoms with E-state index in [0.29, 0.717) is 12.0 Å². The molecule has 2 heterocycles. The molecule has 0 radical (unpaired) electrons. The first-order chi connectivity index (χ1) is 7.33. The SMILES string of the molecule is CNCC1CCN(C)C1c1cccnc1. The molecule has 1 N–H and O–H groups in total. The van der Waals surface area contributed by atoms with Gasteiger partial charge in [0.2, 0.25) is 0 Å². The summed E-state index contributed by atoms with van der Waals surface area (Å²) in [6.45, 7) is 2.27. The Balaban J connectivity index is 2.17. The summed E-state index contributed by atoms with van der Waals surface area (Å²) in [7, 11) is 4.23. The molecule has 0 aromatic carbocycles. The van der Waals surface area contributed by atoms with Crippen molar-refractivity contribution >= 4 is 0 Å². The highest BCUT2D eigenvalue weighted by Crippen LogP contribution is 2.34. The zero-order valence-corrected chi connectivity index (χ0v) is 9.48. The Morgan fingerprint density at radius 3 is 3.13 bits per heavy atom. The van der Waals surface area contributed by atoms with Crippen molar-refractivity contribution in [3.05, 3.63) is 30.1 Å². The Labute approximate surface area is 91.5 Å². The summed E-state index contributed by atoms with van der Waals surface area (Å²) in [5, 5.41) is 3.28. The van der Waals surface area contributed by atoms with Crippen molar-refractivity contribution in [2.45, 2.75) is 12.5 Å². The summed E-state index contributed by atoms with van der Waals surface area (Å²) in [4.78, 5) is 6.64. The minimum absolute atomic E-state index is 0.533. The summed E-state index contributed by atoms with van der Waals surface area (Å²) >= 11 is 0. The fourth-order valence-electron chi connectivity index (χ4n) is 2.58. The van der Waals surface area contributed by atoms with Crippen molar-refractivity contribution in [2.75, 3.05) is 27.2 Å². The van der Waals surface area contributed by atoms with Crippen LogP contribution in [0.3, 0.4) is 0 Å². The second-order valence-corrected chi connectivity index (χ2v) is 4.32. The summed E-state index contributed by atoms with van der Waals surface area (Å²) in [5.74, 6) is 0.712. The third-order valence-electron chi connectivity index (χ3n) is 3.27. The number of hydrogen-bond donors (Lipinski definition) is 1. The van der Waals surface area contributed by atoms with Crippen molar-refractivity contribution in [1.29, 1.82) is 0 Å². The number of likely N-dealkylation sites (tertiary alicyclic amines) is 1. The Hall–Kier alpha value is -0.930. The van der Waals surface area contributed by atoms with Crippen LogP contribution < -0.4 is 5.32 Å². The van der Waals surface area contributed by atoms with Crippen LogP contribution in [0.25, 0.3) is 0 Å². The lowest BCUT2D eigenvalue weighted by Crippen LogP contribution is -2.26. The van der Waals surface area contributed by atoms with Crippen molar-refractivity contribution < 1.29 is 0 Å². The van der Waals surface area contributed by atoms with E-state index < -0.39 is 0 Å². The second-order valence-electron chi connectivity index (χ2n) is 4.32. The van der Waals surface area contributed by atoms with Crippen LogP contribution in [0.15, 0.2) is 24.5 Å². The molecule has 82 valence electrons. The molecule has 1 fully saturated rings. The van der Waals surface area contributed by atoms with E-state index in [2.05, 4.69) is 28.3 Å². The van der Waals surface area contributed by atoms with Crippen LogP contribution in [-0.2, 0) is 0 Å². The van der Waals surface area contributed by atoms with E-state index in [0.717, 1.165) is 6.54 Å². The Morgan fingerprint density at radius 1 is 1.60 bits per heavy atom. The summed E-state index contributed by atoms with van der Waals surface area (Å²) in [6.07, 6.45) is 5.11. The minimum Gasteiger partial charge on any atom is -0.319 e. The van der Waals surface area contributed by atoms with Gasteiger partial charge in [0, 0.05) is 18.4 Å². The van der Waals surface area contributed by atoms with Crippen molar-refractivity contribution in [1.82, 2.24) is 15.2 Å². The molecule has 1 aromatic heterocycles. The smallest absolute Gasteiger partial charge is 0.0401 e. The normalized spacial score (nSPS) is 27.1. The lowest BCUT2D eigenvalue weighted by atomic mass is 9.95. The average molecular weight is 205 g/mol. The molecule has 2 rings (SSSR count). The fourth-order valence-corrected chi connectivity index (χ4v) is 2.58. The molecule has 1 saturated heterocycles. The monoisotopic (exact) mass is 205 g/mol. The summed E-state index contributed by atoms with van der Waals surface area (Å²) in [6, 6.07) is 4.74. The molecule has 1 aliphatic heterocycles. The largest absolute Gasteiger partial charge is 0.319 e. The third-order valence-corrected chi connectivity index (χ3v) is 3.27. The molecule has 0 aliphatic carbocycles. The number of nitrogens with one attached hydrogen (secondary N) is 1. The van der Waals surface area contributed by atoms with Gasteiger partial charge in [-0.2, -0.15) is 0 Å². The summed E-state index contributed by atoms with van der Waals surface area (Å²) in [5.41, 5.74) is 1.35. The molecular weight excluding hydrogens is 186 g/mol. The van der Waals surface area contributed by atoms with Gasteiger partial charge in [0.05, 0.1) is 0 Å². The first kappa shape index (κ1) is 10.6. The lowest BCUT2D eigenvalue weighted by Gasteiger charge is -2.25. The number of aromatic nitrogens is 1. The van der Waals surface area contributed by atoms with Crippen LogP contribution in [0, 0.1) is 5.92 Å². The van der Waals surface area contributed by atoms with Crippen LogP contribution in [0.2, 0.25) is 0 Å². The van der Waals surface area contributed by atoms with E-state index in [1.165, 1.54) is 18.5 Å². The molecule has 2 atom stereocenters. The maximum absolute atomic E-state index is 4.21. The van der Waals surface area contributed by atoms with Crippen molar-refractivity contribution in [2.24, 2.45) is 5.92 Å². The van der Waals surface area contributed by atoms with E-state index in [-0.39, 0.29) is 0 Å². The Bertz CT molecular complexity index is 297. The van der Waals surface area contributed by atoms with Crippen LogP contribution in [0.5, 0.6) is 0 Å². The standard InChI is InChI=1S/C12H19N3/c1-13-8-11-5-7-15(2)12(11)10-4-3-6-14-9-10/h3-4,6,9,11-13H,5,7-8H2,1-2H3. The van der Waals surface area contributed by atoms with Gasteiger partial charge in [0.15, 0.2) is 0 Å². The number of hydrogen-bond acceptors (Lipinski definition) is 3. The molecule has 3 nitrogen and oxygen atoms in total. The van der Waals surface area contributed by atoms with E-state index in [1.54, 1.807) is 0 Å². The molecule has 0 saturated carbocycles. The zero-order chi connectivity index (χ0) is 10.7. The van der Waals surface area contributed by atoms with Gasteiger partial charge in [0.1, 0.15) is 0 Å². The number of nitrogens with zero attached hydrogens (tertiary/aromatic N) is 2. The number of pyridine rings is 1. The van der Waals surface area contributed by atoms with Crippen LogP contribution in [0.1, 0.15) is 18.0 Å². The van der Waals surface area contributed by atoms with Crippen molar-refractivity contribution in [3.8, 4) is 0 Å². The van der Waals surface area contributed by atoms with Crippen LogP contribution in [-0.4, -0.2) is 37.1 Å². The van der Waals surface area contributed by atoms with Crippen LogP contribution in [0.4, 0.5) is 0 Å². The van der Waals surface area contributed by atoms with Gasteiger partial charge >= 0.3 is 0 Å². The number of rotatable bonds is 3. The zero-order valence-electron chi connectivity index (χ0n) is 9.48. The van der Waals surface area contributed by atoms with E-state index in [4.69, 9.17) is 0 Å². The Morgan fingerprint density at radius 2 is 2.47 bits per heavy atom. The molecule has 0 amide bonds. The maximum atomic E-state index is 4.21. The quantitative estimate of drug-likeness (QED) is 0.806. The van der Waals surface area contributed by atoms with Gasteiger partial charge in [-0.3, -0.25) is 9.88 Å². The van der Waals surface area contributed by atoms with Gasteiger partial charge < -0.3 is 5.32 Å². The first-order valence-electron chi connectivity index (χ1n) is 5.57. The van der Waals surface area contributed by atoms with Gasteiger partial charge in [-0.1, -0.05) is 6.07 Å². The van der Waals surface area contributed by atoms with E-state index in [9.17, 15) is 0 Å². The molecule has 2 unspecified atom stereocenters. The highest BCUT2D eigenvalue weighted by Gasteiger charge is 2.32. The molecule has 0 spiro atoms. The first-order valence-corrected chi connectivity index (χ1v) is 5.57. The average Bonchev–Trinajstić information content (AvgIpc) is 2.62. The van der Waals surface area contributed by atoms with Gasteiger partial charge in [-0.15, -0.1) is 0 Å². The van der Waals surface area contributed by atoms with Gasteiger partial charge in [-0.25, -0.2) is 0 Å². The van der Waals surface area contributed by atoms with Crippen molar-refractivity contribution in [3.63, 3.8) is 0 Å². The molecular formula is C12H19N3. The highest BCUT2D eigenvalue weighted by molar-refractivity contribution is 5.16. The molecule has 1 aliphatic rings. The predicted octanol–water partition coefficient (Wildman–Crippen LogP) is 1.29. The lowest BCUT2D eigenvalue weighted by molar-refractivity contribution is 0.274. The predicted molar refractivity (Wildman–Crippen MR) is 61.6 cm³/mol. The van der Waals surface area contributed by atoms with Gasteiger partial charge in [0.25, 0.3) is 0 Å². The second kappa shape index (κ2) is 4.73. The topological polar surface area (TPSA) is 28.2 Å². The summed E-state index contributed by atoms with van der Waals surface area (Å²) < 4.78 is 0. The third kappa shape index (κ3) is 2.19. The molecule has 3 heteroatoms. The highest BCUT2D eigenvalue weighted by atomic mass is 15.2. The van der Waals surface area contributed by atoms with E-state index in [1.807, 2.05) is 25.5 Å². The molecule has 0 bridgehead atoms. The van der Waals surface area contributed by atoms with Gasteiger partial charge in [-0.05, 0) is 51.2 Å². The fraction of sp³-hybridized carbons (Fsp3) is 0.583. The maximum Gasteiger partial charge on any atom is 0.0401 e. The molecule has 1 aromatic rings. The molecule has 15 heavy (non-hydrogen) atoms. The minimum atomic E-state index is 0.533. The van der Waals surface area contributed by atoms with E-state index >= 15 is 0 Å². The Kier molecular flexibility index (Phi) is 3.34.